The van der Waals surface area contributed by atoms with Crippen molar-refractivity contribution >= 4 is 5.96 Å². The number of guanidine groups is 1. The van der Waals surface area contributed by atoms with Crippen molar-refractivity contribution in [2.24, 2.45) is 10.7 Å². The number of hydroxylamine groups is 2. The van der Waals surface area contributed by atoms with Crippen LogP contribution in [-0.2, 0) is 9.57 Å². The highest BCUT2D eigenvalue weighted by Crippen LogP contribution is 1.86. The van der Waals surface area contributed by atoms with Gasteiger partial charge in [0.1, 0.15) is 0 Å². The summed E-state index contributed by atoms with van der Waals surface area (Å²) in [6, 6.07) is 0. The molecule has 0 amide bonds. The van der Waals surface area contributed by atoms with Gasteiger partial charge in [0.05, 0.1) is 26.4 Å². The minimum Gasteiger partial charge on any atom is -0.394 e. The maximum absolute atomic E-state index is 8.42. The summed E-state index contributed by atoms with van der Waals surface area (Å²) in [5, 5.41) is 9.81. The van der Waals surface area contributed by atoms with Gasteiger partial charge in [-0.1, -0.05) is 0 Å². The number of hydrogen-bond donors (Lipinski definition) is 2. The number of nitrogens with zero attached hydrogens (tertiary/aromatic N) is 2. The van der Waals surface area contributed by atoms with Gasteiger partial charge in [0.15, 0.2) is 0 Å². The van der Waals surface area contributed by atoms with Crippen molar-refractivity contribution in [3.05, 3.63) is 0 Å². The molecule has 0 aromatic rings. The SMILES string of the molecule is CCN=C(N)N(C)OCCOCCO. The highest BCUT2D eigenvalue weighted by Gasteiger charge is 2.00. The highest BCUT2D eigenvalue weighted by molar-refractivity contribution is 5.76. The summed E-state index contributed by atoms with van der Waals surface area (Å²) in [6.45, 7) is 3.67. The molecule has 0 aromatic heterocycles. The molecule has 0 saturated heterocycles. The maximum atomic E-state index is 8.42. The smallest absolute Gasteiger partial charge is 0.215 e. The fourth-order valence-corrected chi connectivity index (χ4v) is 0.727. The van der Waals surface area contributed by atoms with Gasteiger partial charge >= 0.3 is 0 Å². The molecule has 6 heteroatoms. The summed E-state index contributed by atoms with van der Waals surface area (Å²) in [6.07, 6.45) is 0. The Kier molecular flexibility index (Phi) is 8.20. The Bertz CT molecular complexity index is 164. The molecule has 0 radical (unpaired) electrons. The zero-order valence-corrected chi connectivity index (χ0v) is 8.77. The van der Waals surface area contributed by atoms with Crippen LogP contribution in [0.25, 0.3) is 0 Å². The molecule has 6 nitrogen and oxygen atoms in total. The Morgan fingerprint density at radius 2 is 2.14 bits per heavy atom. The van der Waals surface area contributed by atoms with E-state index in [1.807, 2.05) is 6.92 Å². The van der Waals surface area contributed by atoms with Crippen molar-refractivity contribution in [3.8, 4) is 0 Å². The number of aliphatic hydroxyl groups is 1. The third-order valence-corrected chi connectivity index (χ3v) is 1.39. The summed E-state index contributed by atoms with van der Waals surface area (Å²) in [5.41, 5.74) is 5.54. The van der Waals surface area contributed by atoms with Crippen LogP contribution in [0, 0.1) is 0 Å². The average molecular weight is 205 g/mol. The van der Waals surface area contributed by atoms with Crippen molar-refractivity contribution < 1.29 is 14.7 Å². The molecule has 0 fully saturated rings. The van der Waals surface area contributed by atoms with E-state index in [2.05, 4.69) is 4.99 Å². The monoisotopic (exact) mass is 205 g/mol. The molecule has 0 bridgehead atoms. The number of rotatable bonds is 7. The van der Waals surface area contributed by atoms with E-state index in [1.165, 1.54) is 5.06 Å². The van der Waals surface area contributed by atoms with Gasteiger partial charge in [-0.3, -0.25) is 9.83 Å². The van der Waals surface area contributed by atoms with Gasteiger partial charge in [0, 0.05) is 13.6 Å². The second kappa shape index (κ2) is 8.74. The molecular formula is C8H19N3O3. The number of nitrogens with two attached hydrogens (primary N) is 1. The zero-order chi connectivity index (χ0) is 10.8. The van der Waals surface area contributed by atoms with E-state index < -0.39 is 0 Å². The van der Waals surface area contributed by atoms with Crippen LogP contribution in [0.3, 0.4) is 0 Å². The van der Waals surface area contributed by atoms with E-state index in [1.54, 1.807) is 7.05 Å². The van der Waals surface area contributed by atoms with Crippen molar-refractivity contribution in [1.82, 2.24) is 5.06 Å². The Balaban J connectivity index is 3.43. The van der Waals surface area contributed by atoms with Crippen LogP contribution in [0.4, 0.5) is 0 Å². The molecule has 0 aliphatic heterocycles. The molecule has 0 aliphatic carbocycles. The van der Waals surface area contributed by atoms with Crippen molar-refractivity contribution in [2.75, 3.05) is 40.0 Å². The van der Waals surface area contributed by atoms with Crippen LogP contribution >= 0.6 is 0 Å². The second-order valence-corrected chi connectivity index (χ2v) is 2.50. The first-order valence-corrected chi connectivity index (χ1v) is 4.57. The van der Waals surface area contributed by atoms with Gasteiger partial charge < -0.3 is 15.6 Å². The zero-order valence-electron chi connectivity index (χ0n) is 8.77. The topological polar surface area (TPSA) is 80.3 Å². The first-order valence-electron chi connectivity index (χ1n) is 4.57. The van der Waals surface area contributed by atoms with Gasteiger partial charge in [-0.15, -0.1) is 0 Å². The fourth-order valence-electron chi connectivity index (χ4n) is 0.727. The first-order chi connectivity index (χ1) is 6.72. The molecule has 84 valence electrons. The van der Waals surface area contributed by atoms with Crippen molar-refractivity contribution in [1.29, 1.82) is 0 Å². The largest absolute Gasteiger partial charge is 0.394 e. The van der Waals surface area contributed by atoms with Gasteiger partial charge in [-0.05, 0) is 6.92 Å². The van der Waals surface area contributed by atoms with Gasteiger partial charge in [-0.25, -0.2) is 5.06 Å². The molecule has 0 heterocycles. The van der Waals surface area contributed by atoms with Gasteiger partial charge in [0.25, 0.3) is 0 Å². The fraction of sp³-hybridized carbons (Fsp3) is 0.875. The highest BCUT2D eigenvalue weighted by atomic mass is 16.7. The maximum Gasteiger partial charge on any atom is 0.215 e. The van der Waals surface area contributed by atoms with Crippen LogP contribution < -0.4 is 5.73 Å². The Labute approximate surface area is 84.3 Å². The van der Waals surface area contributed by atoms with Gasteiger partial charge in [-0.2, -0.15) is 0 Å². The lowest BCUT2D eigenvalue weighted by molar-refractivity contribution is -0.101. The van der Waals surface area contributed by atoms with Gasteiger partial charge in [0.2, 0.25) is 5.96 Å². The standard InChI is InChI=1S/C8H19N3O3/c1-3-10-8(9)11(2)14-7-6-13-5-4-12/h12H,3-7H2,1-2H3,(H2,9,10). The van der Waals surface area contributed by atoms with E-state index in [-0.39, 0.29) is 6.61 Å². The lowest BCUT2D eigenvalue weighted by Crippen LogP contribution is -2.35. The van der Waals surface area contributed by atoms with Crippen LogP contribution in [-0.4, -0.2) is 56.1 Å². The number of ether oxygens (including phenoxy) is 1. The average Bonchev–Trinajstić information content (AvgIpc) is 2.17. The molecule has 0 unspecified atom stereocenters. The summed E-state index contributed by atoms with van der Waals surface area (Å²) in [4.78, 5) is 9.13. The molecule has 3 N–H and O–H groups in total. The molecule has 0 saturated carbocycles. The third-order valence-electron chi connectivity index (χ3n) is 1.39. The Morgan fingerprint density at radius 1 is 1.43 bits per heavy atom. The normalized spacial score (nSPS) is 11.8. The number of hydrogen-bond acceptors (Lipinski definition) is 4. The predicted molar refractivity (Wildman–Crippen MR) is 53.8 cm³/mol. The second-order valence-electron chi connectivity index (χ2n) is 2.50. The predicted octanol–water partition coefficient (Wildman–Crippen LogP) is -0.807. The van der Waals surface area contributed by atoms with E-state index in [4.69, 9.17) is 20.4 Å². The molecule has 0 spiro atoms. The van der Waals surface area contributed by atoms with Crippen LogP contribution in [0.2, 0.25) is 0 Å². The lowest BCUT2D eigenvalue weighted by atomic mass is 10.7. The lowest BCUT2D eigenvalue weighted by Gasteiger charge is -2.17. The number of aliphatic hydroxyl groups excluding tert-OH is 1. The Morgan fingerprint density at radius 3 is 2.71 bits per heavy atom. The third kappa shape index (κ3) is 6.64. The molecule has 0 aromatic carbocycles. The minimum absolute atomic E-state index is 0.0231. The van der Waals surface area contributed by atoms with Crippen LogP contribution in [0.15, 0.2) is 4.99 Å². The minimum atomic E-state index is 0.0231. The van der Waals surface area contributed by atoms with Crippen molar-refractivity contribution in [2.45, 2.75) is 6.92 Å². The summed E-state index contributed by atoms with van der Waals surface area (Å²) in [7, 11) is 1.68. The van der Waals surface area contributed by atoms with E-state index in [9.17, 15) is 0 Å². The van der Waals surface area contributed by atoms with E-state index in [0.29, 0.717) is 32.3 Å². The quantitative estimate of drug-likeness (QED) is 0.246. The summed E-state index contributed by atoms with van der Waals surface area (Å²) in [5.74, 6) is 0.342. The molecule has 0 aliphatic rings. The van der Waals surface area contributed by atoms with E-state index in [0.717, 1.165) is 0 Å². The molecular weight excluding hydrogens is 186 g/mol. The first kappa shape index (κ1) is 13.2. The van der Waals surface area contributed by atoms with Crippen LogP contribution in [0.5, 0.6) is 0 Å². The molecule has 0 atom stereocenters. The number of aliphatic imine (C=N–C) groups is 1. The molecule has 0 rings (SSSR count). The summed E-state index contributed by atoms with van der Waals surface area (Å²) >= 11 is 0. The summed E-state index contributed by atoms with van der Waals surface area (Å²) < 4.78 is 4.99. The molecule has 14 heavy (non-hydrogen) atoms. The van der Waals surface area contributed by atoms with Crippen molar-refractivity contribution in [3.63, 3.8) is 0 Å². The van der Waals surface area contributed by atoms with E-state index >= 15 is 0 Å². The van der Waals surface area contributed by atoms with Crippen LogP contribution in [0.1, 0.15) is 6.92 Å². The Hall–Kier alpha value is -0.850.